The quantitative estimate of drug-likeness (QED) is 0.277. The number of aliphatic hydroxyl groups is 6. The second-order valence-corrected chi connectivity index (χ2v) is 9.89. The van der Waals surface area contributed by atoms with Gasteiger partial charge >= 0.3 is 5.97 Å². The van der Waals surface area contributed by atoms with E-state index in [4.69, 9.17) is 14.2 Å². The van der Waals surface area contributed by atoms with Gasteiger partial charge in [0.1, 0.15) is 24.4 Å². The van der Waals surface area contributed by atoms with Gasteiger partial charge in [-0.15, -0.1) is 0 Å². The molecule has 0 aromatic rings. The molecule has 224 valence electrons. The molecular formula is C30H44O10. The highest BCUT2D eigenvalue weighted by molar-refractivity contribution is 5.82. The third kappa shape index (κ3) is 12.8. The van der Waals surface area contributed by atoms with Crippen molar-refractivity contribution in [2.75, 3.05) is 6.61 Å². The van der Waals surface area contributed by atoms with Crippen molar-refractivity contribution in [3.05, 3.63) is 72.9 Å². The molecule has 0 saturated carbocycles. The molecule has 0 aromatic heterocycles. The van der Waals surface area contributed by atoms with E-state index in [2.05, 4.69) is 0 Å². The number of esters is 1. The molecular weight excluding hydrogens is 520 g/mol. The van der Waals surface area contributed by atoms with Crippen molar-refractivity contribution >= 4 is 5.97 Å². The van der Waals surface area contributed by atoms with Gasteiger partial charge in [0.05, 0.1) is 31.0 Å². The fourth-order valence-corrected chi connectivity index (χ4v) is 4.10. The Morgan fingerprint density at radius 2 is 1.57 bits per heavy atom. The Balaban J connectivity index is 2.12. The number of allylic oxidation sites excluding steroid dienone is 7. The van der Waals surface area contributed by atoms with Crippen LogP contribution in [-0.2, 0) is 19.0 Å². The molecule has 0 spiro atoms. The van der Waals surface area contributed by atoms with E-state index in [9.17, 15) is 35.4 Å². The van der Waals surface area contributed by atoms with Crippen molar-refractivity contribution in [3.8, 4) is 0 Å². The van der Waals surface area contributed by atoms with Crippen LogP contribution < -0.4 is 0 Å². The molecule has 2 aliphatic rings. The number of carbonyl (C=O) groups excluding carboxylic acids is 1. The van der Waals surface area contributed by atoms with Crippen LogP contribution in [0.3, 0.4) is 0 Å². The van der Waals surface area contributed by atoms with Crippen molar-refractivity contribution in [2.45, 2.75) is 101 Å². The van der Waals surface area contributed by atoms with Crippen LogP contribution in [0.25, 0.3) is 0 Å². The second-order valence-electron chi connectivity index (χ2n) is 9.89. The van der Waals surface area contributed by atoms with E-state index in [1.54, 1.807) is 54.7 Å². The average Bonchev–Trinajstić information content (AvgIpc) is 2.91. The Labute approximate surface area is 235 Å². The maximum atomic E-state index is 12.1. The van der Waals surface area contributed by atoms with E-state index < -0.39 is 61.6 Å². The van der Waals surface area contributed by atoms with Crippen LogP contribution in [0.1, 0.15) is 45.4 Å². The highest BCUT2D eigenvalue weighted by atomic mass is 16.7. The predicted octanol–water partition coefficient (Wildman–Crippen LogP) is 1.52. The van der Waals surface area contributed by atoms with E-state index in [0.717, 1.165) is 12.8 Å². The molecule has 0 amide bonds. The van der Waals surface area contributed by atoms with Crippen molar-refractivity contribution < 1.29 is 49.6 Å². The van der Waals surface area contributed by atoms with Gasteiger partial charge in [-0.25, -0.2) is 4.79 Å². The SMILES string of the molecule is C[C@@H]1CCC/C=C/C=C/[C@H](O)C[C@@H](O)C/C=C\C=C\[C@@H](OC2OC(CO)C(O)C(O)C2O)C/C=C/C=C\C(=O)O1. The summed E-state index contributed by atoms with van der Waals surface area (Å²) < 4.78 is 16.7. The normalized spacial score (nSPS) is 40.6. The van der Waals surface area contributed by atoms with Crippen LogP contribution in [0.5, 0.6) is 0 Å². The molecule has 1 saturated heterocycles. The number of hydrogen-bond donors (Lipinski definition) is 6. The number of ether oxygens (including phenoxy) is 3. The van der Waals surface area contributed by atoms with Crippen LogP contribution in [0.4, 0.5) is 0 Å². The molecule has 9 atom stereocenters. The van der Waals surface area contributed by atoms with E-state index in [-0.39, 0.29) is 12.5 Å². The first-order chi connectivity index (χ1) is 19.2. The molecule has 2 aliphatic heterocycles. The predicted molar refractivity (Wildman–Crippen MR) is 149 cm³/mol. The Hall–Kier alpha value is -2.41. The summed E-state index contributed by atoms with van der Waals surface area (Å²) in [6, 6.07) is 0. The minimum Gasteiger partial charge on any atom is -0.460 e. The largest absolute Gasteiger partial charge is 0.460 e. The lowest BCUT2D eigenvalue weighted by Crippen LogP contribution is -2.59. The highest BCUT2D eigenvalue weighted by Gasteiger charge is 2.44. The summed E-state index contributed by atoms with van der Waals surface area (Å²) in [6.07, 6.45) is 13.9. The summed E-state index contributed by atoms with van der Waals surface area (Å²) in [5.41, 5.74) is 0. The van der Waals surface area contributed by atoms with Gasteiger partial charge in [0.2, 0.25) is 0 Å². The first-order valence-corrected chi connectivity index (χ1v) is 13.7. The monoisotopic (exact) mass is 564 g/mol. The molecule has 40 heavy (non-hydrogen) atoms. The summed E-state index contributed by atoms with van der Waals surface area (Å²) in [7, 11) is 0. The number of hydrogen-bond acceptors (Lipinski definition) is 10. The highest BCUT2D eigenvalue weighted by Crippen LogP contribution is 2.24. The third-order valence-corrected chi connectivity index (χ3v) is 6.38. The summed E-state index contributed by atoms with van der Waals surface area (Å²) in [5.74, 6) is -0.458. The van der Waals surface area contributed by atoms with E-state index in [0.29, 0.717) is 19.3 Å². The zero-order valence-electron chi connectivity index (χ0n) is 22.9. The van der Waals surface area contributed by atoms with Gasteiger partial charge in [-0.05, 0) is 39.0 Å². The number of cyclic esters (lactones) is 1. The molecule has 10 nitrogen and oxygen atoms in total. The maximum Gasteiger partial charge on any atom is 0.331 e. The van der Waals surface area contributed by atoms with E-state index in [1.165, 1.54) is 6.08 Å². The Morgan fingerprint density at radius 3 is 2.35 bits per heavy atom. The Bertz CT molecular complexity index is 906. The molecule has 0 bridgehead atoms. The van der Waals surface area contributed by atoms with Gasteiger partial charge < -0.3 is 44.8 Å². The van der Waals surface area contributed by atoms with Crippen LogP contribution in [-0.4, -0.2) is 98.3 Å². The maximum absolute atomic E-state index is 12.1. The molecule has 0 radical (unpaired) electrons. The number of rotatable bonds is 3. The van der Waals surface area contributed by atoms with Gasteiger partial charge in [-0.1, -0.05) is 66.8 Å². The van der Waals surface area contributed by atoms with Crippen molar-refractivity contribution in [3.63, 3.8) is 0 Å². The summed E-state index contributed by atoms with van der Waals surface area (Å²) >= 11 is 0. The van der Waals surface area contributed by atoms with Crippen LogP contribution in [0.2, 0.25) is 0 Å². The average molecular weight is 565 g/mol. The third-order valence-electron chi connectivity index (χ3n) is 6.38. The van der Waals surface area contributed by atoms with Crippen molar-refractivity contribution in [1.82, 2.24) is 0 Å². The fraction of sp³-hybridized carbons (Fsp3) is 0.567. The van der Waals surface area contributed by atoms with E-state index >= 15 is 0 Å². The number of aliphatic hydroxyl groups excluding tert-OH is 6. The first kappa shape index (κ1) is 33.8. The lowest BCUT2D eigenvalue weighted by atomic mass is 9.99. The summed E-state index contributed by atoms with van der Waals surface area (Å²) in [6.45, 7) is 1.26. The Morgan fingerprint density at radius 1 is 0.875 bits per heavy atom. The summed E-state index contributed by atoms with van der Waals surface area (Å²) in [4.78, 5) is 12.1. The minimum atomic E-state index is -1.57. The fourth-order valence-electron chi connectivity index (χ4n) is 4.10. The van der Waals surface area contributed by atoms with Crippen LogP contribution >= 0.6 is 0 Å². The molecule has 2 heterocycles. The lowest BCUT2D eigenvalue weighted by Gasteiger charge is -2.40. The van der Waals surface area contributed by atoms with Gasteiger partial charge in [-0.3, -0.25) is 0 Å². The standard InChI is InChI=1S/C30H44O10/c1-21-13-7-3-2-4-8-14-22(32)19-23(33)15-9-5-10-16-24(17-11-6-12-18-26(34)38-21)39-30-29(37)28(36)27(35)25(20-31)40-30/h2,4-6,8-12,14,16,18,21-25,27-33,35-37H,3,7,13,15,17,19-20H2,1H3/b4-2+,9-5-,11-6+,14-8+,16-10+,18-12-/t21-,22+,23+,24-,25?,27?,28?,29?,30?/m1/s1. The molecule has 2 rings (SSSR count). The molecule has 1 fully saturated rings. The zero-order valence-corrected chi connectivity index (χ0v) is 22.9. The second kappa shape index (κ2) is 18.8. The molecule has 0 aromatic carbocycles. The zero-order chi connectivity index (χ0) is 29.3. The van der Waals surface area contributed by atoms with Gasteiger partial charge in [-0.2, -0.15) is 0 Å². The molecule has 0 aliphatic carbocycles. The van der Waals surface area contributed by atoms with Crippen molar-refractivity contribution in [2.24, 2.45) is 0 Å². The molecule has 5 unspecified atom stereocenters. The molecule has 10 heteroatoms. The first-order valence-electron chi connectivity index (χ1n) is 13.7. The van der Waals surface area contributed by atoms with Gasteiger partial charge in [0.15, 0.2) is 6.29 Å². The smallest absolute Gasteiger partial charge is 0.331 e. The van der Waals surface area contributed by atoms with Gasteiger partial charge in [0, 0.05) is 12.5 Å². The lowest BCUT2D eigenvalue weighted by molar-refractivity contribution is -0.307. The Kier molecular flexibility index (Phi) is 15.9. The summed E-state index contributed by atoms with van der Waals surface area (Å²) in [5, 5.41) is 60.2. The van der Waals surface area contributed by atoms with Crippen LogP contribution in [0.15, 0.2) is 72.9 Å². The molecule has 6 N–H and O–H groups in total. The van der Waals surface area contributed by atoms with Gasteiger partial charge in [0.25, 0.3) is 0 Å². The minimum absolute atomic E-state index is 0.183. The van der Waals surface area contributed by atoms with Crippen molar-refractivity contribution in [1.29, 1.82) is 0 Å². The van der Waals surface area contributed by atoms with E-state index in [1.807, 2.05) is 19.1 Å². The topological polar surface area (TPSA) is 166 Å². The number of carbonyl (C=O) groups is 1. The van der Waals surface area contributed by atoms with Crippen LogP contribution in [0, 0.1) is 0 Å².